The van der Waals surface area contributed by atoms with Crippen molar-refractivity contribution >= 4 is 23.2 Å². The third-order valence-electron chi connectivity index (χ3n) is 3.76. The third-order valence-corrected chi connectivity index (χ3v) is 3.76. The van der Waals surface area contributed by atoms with Gasteiger partial charge in [-0.15, -0.1) is 5.16 Å². The minimum atomic E-state index is -1.01. The Kier molecular flexibility index (Phi) is 9.55. The van der Waals surface area contributed by atoms with Crippen LogP contribution in [0.25, 0.3) is 0 Å². The fourth-order valence-electron chi connectivity index (χ4n) is 2.71. The summed E-state index contributed by atoms with van der Waals surface area (Å²) in [6.07, 6.45) is 2.70. The molecule has 0 spiro atoms. The Bertz CT molecular complexity index is 527. The zero-order valence-corrected chi connectivity index (χ0v) is 17.2. The molecule has 24 heavy (non-hydrogen) atoms. The molecule has 0 saturated heterocycles. The second-order valence-electron chi connectivity index (χ2n) is 6.16. The van der Waals surface area contributed by atoms with Crippen LogP contribution in [0.4, 0.5) is 0 Å². The number of esters is 1. The van der Waals surface area contributed by atoms with Gasteiger partial charge in [-0.25, -0.2) is 5.92 Å². The Hall–Kier alpha value is -1.11. The molecule has 0 aromatic rings. The van der Waals surface area contributed by atoms with Gasteiger partial charge in [0.15, 0.2) is 0 Å². The number of ether oxygens (including phenoxy) is 1. The first-order valence-electron chi connectivity index (χ1n) is 7.62. The average Bonchev–Trinajstić information content (AvgIpc) is 2.45. The topological polar surface area (TPSA) is 82.0 Å². The summed E-state index contributed by atoms with van der Waals surface area (Å²) in [5, 5.41) is 3.91. The van der Waals surface area contributed by atoms with Crippen LogP contribution in [0.3, 0.4) is 0 Å². The molecular weight excluding hydrogens is 321 g/mol. The quantitative estimate of drug-likeness (QED) is 0.0889. The van der Waals surface area contributed by atoms with Gasteiger partial charge in [-0.3, -0.25) is 4.79 Å². The zero-order valence-electron chi connectivity index (χ0n) is 15.2. The van der Waals surface area contributed by atoms with Crippen LogP contribution in [0, 0.1) is 17.3 Å². The van der Waals surface area contributed by atoms with E-state index in [4.69, 9.17) is 9.57 Å². The van der Waals surface area contributed by atoms with Crippen LogP contribution in [0.1, 0.15) is 40.0 Å². The molecule has 0 N–H and O–H groups in total. The molecule has 1 atom stereocenters. The predicted octanol–water partition coefficient (Wildman–Crippen LogP) is -0.719. The van der Waals surface area contributed by atoms with Gasteiger partial charge in [0.05, 0.1) is 13.0 Å². The molecule has 0 heterocycles. The molecule has 1 unspecified atom stereocenters. The van der Waals surface area contributed by atoms with Crippen LogP contribution >= 0.6 is 0 Å². The van der Waals surface area contributed by atoms with Gasteiger partial charge in [-0.2, -0.15) is 0 Å². The van der Waals surface area contributed by atoms with Crippen LogP contribution in [0.2, 0.25) is 0 Å². The molecule has 0 aliphatic heterocycles. The van der Waals surface area contributed by atoms with E-state index in [0.717, 1.165) is 0 Å². The molecule has 0 aromatic heterocycles. The maximum Gasteiger partial charge on any atom is 1.00 e. The van der Waals surface area contributed by atoms with Crippen molar-refractivity contribution in [3.8, 4) is 0 Å². The van der Waals surface area contributed by atoms with Crippen LogP contribution < -0.4 is 29.6 Å². The minimum absolute atomic E-state index is 0. The monoisotopic (exact) mass is 345 g/mol. The molecule has 0 radical (unpaired) electrons. The molecule has 1 aliphatic rings. The Balaban J connectivity index is 0.00000529. The molecule has 0 amide bonds. The maximum atomic E-state index is 12.8. The fourth-order valence-corrected chi connectivity index (χ4v) is 2.71. The summed E-state index contributed by atoms with van der Waals surface area (Å²) in [4.78, 5) is 42.3. The Morgan fingerprint density at radius 1 is 1.46 bits per heavy atom. The van der Waals surface area contributed by atoms with Gasteiger partial charge in [0.1, 0.15) is 6.61 Å². The van der Waals surface area contributed by atoms with E-state index in [9.17, 15) is 14.4 Å². The number of hydrogen-bond acceptors (Lipinski definition) is 6. The largest absolute Gasteiger partial charge is 1.00 e. The molecule has 1 aliphatic carbocycles. The summed E-state index contributed by atoms with van der Waals surface area (Å²) in [6, 6.07) is 0. The molecular formula is C17H24NNaO5. The number of carbonyl (C=O) groups is 3. The van der Waals surface area contributed by atoms with Gasteiger partial charge in [-0.1, -0.05) is 45.6 Å². The van der Waals surface area contributed by atoms with Crippen molar-refractivity contribution in [2.24, 2.45) is 16.5 Å². The predicted molar refractivity (Wildman–Crippen MR) is 85.7 cm³/mol. The van der Waals surface area contributed by atoms with Gasteiger partial charge in [-0.05, 0) is 18.3 Å². The third kappa shape index (κ3) is 5.19. The van der Waals surface area contributed by atoms with Crippen molar-refractivity contribution < 1.29 is 53.5 Å². The molecule has 1 fully saturated rings. The number of Topliss-reactive ketones (excluding diaryl/α,β-unsaturated/α-hetero) is 2. The van der Waals surface area contributed by atoms with Gasteiger partial charge < -0.3 is 19.2 Å². The summed E-state index contributed by atoms with van der Waals surface area (Å²) in [5.41, 5.74) is -0.502. The molecule has 0 bridgehead atoms. The Morgan fingerprint density at radius 2 is 2.08 bits per heavy atom. The van der Waals surface area contributed by atoms with Gasteiger partial charge >= 0.3 is 35.5 Å². The Morgan fingerprint density at radius 3 is 2.58 bits per heavy atom. The van der Waals surface area contributed by atoms with E-state index in [0.29, 0.717) is 12.8 Å². The summed E-state index contributed by atoms with van der Waals surface area (Å²) in [6.45, 7) is 9.03. The van der Waals surface area contributed by atoms with E-state index in [-0.39, 0.29) is 60.0 Å². The van der Waals surface area contributed by atoms with Crippen LogP contribution in [0.15, 0.2) is 17.8 Å². The van der Waals surface area contributed by atoms with Crippen molar-refractivity contribution in [1.29, 1.82) is 0 Å². The molecule has 1 saturated carbocycles. The van der Waals surface area contributed by atoms with Crippen LogP contribution in [0.5, 0.6) is 0 Å². The maximum absolute atomic E-state index is 12.8. The first-order chi connectivity index (χ1) is 10.8. The normalized spacial score (nSPS) is 20.2. The van der Waals surface area contributed by atoms with E-state index in [2.05, 4.69) is 11.7 Å². The summed E-state index contributed by atoms with van der Waals surface area (Å²) < 4.78 is 4.75. The van der Waals surface area contributed by atoms with Gasteiger partial charge in [0, 0.05) is 11.6 Å². The molecule has 1 rings (SSSR count). The molecule has 6 nitrogen and oxygen atoms in total. The number of hydrogen-bond donors (Lipinski definition) is 0. The van der Waals surface area contributed by atoms with E-state index in [1.807, 2.05) is 6.92 Å². The summed E-state index contributed by atoms with van der Waals surface area (Å²) >= 11 is 0. The number of methoxy groups -OCH3 is 1. The first-order valence-corrected chi connectivity index (χ1v) is 7.62. The van der Waals surface area contributed by atoms with Crippen molar-refractivity contribution in [3.05, 3.63) is 18.6 Å². The summed E-state index contributed by atoms with van der Waals surface area (Å²) in [5.74, 6) is -2.53. The standard InChI is InChI=1S/C17H24NO5.Na/c1-6-8-11(18-23-9-7-2)13-12(19)10-17(3,4)14(15(13)20)16(21)22-5;/h7,14H,2,6,8-10H2,1,3-5H3;/q-1;+1/b18-11+;. The van der Waals surface area contributed by atoms with E-state index in [1.54, 1.807) is 13.8 Å². The number of rotatable bonds is 7. The zero-order chi connectivity index (χ0) is 17.6. The summed E-state index contributed by atoms with van der Waals surface area (Å²) in [7, 11) is 1.23. The second-order valence-corrected chi connectivity index (χ2v) is 6.16. The van der Waals surface area contributed by atoms with Crippen molar-refractivity contribution in [3.63, 3.8) is 0 Å². The average molecular weight is 345 g/mol. The SMILES string of the molecule is C=CCO/N=C(\CCC)[C-]1C(=O)CC(C)(C)C(C(=O)OC)C1=O.[Na+]. The molecule has 128 valence electrons. The van der Waals surface area contributed by atoms with Gasteiger partial charge in [0.2, 0.25) is 0 Å². The Labute approximate surface area is 165 Å². The minimum Gasteiger partial charge on any atom is -0.469 e. The van der Waals surface area contributed by atoms with Crippen molar-refractivity contribution in [1.82, 2.24) is 0 Å². The smallest absolute Gasteiger partial charge is 0.469 e. The molecule has 0 aromatic carbocycles. The van der Waals surface area contributed by atoms with E-state index < -0.39 is 23.1 Å². The fraction of sp³-hybridized carbons (Fsp3) is 0.588. The molecule has 7 heteroatoms. The number of carbonyl (C=O) groups excluding carboxylic acids is 3. The van der Waals surface area contributed by atoms with E-state index in [1.165, 1.54) is 13.2 Å². The number of ketones is 2. The van der Waals surface area contributed by atoms with Crippen LogP contribution in [-0.2, 0) is 24.0 Å². The second kappa shape index (κ2) is 10.0. The van der Waals surface area contributed by atoms with Crippen molar-refractivity contribution in [2.75, 3.05) is 13.7 Å². The van der Waals surface area contributed by atoms with Gasteiger partial charge in [0.25, 0.3) is 0 Å². The van der Waals surface area contributed by atoms with Crippen LogP contribution in [-0.4, -0.2) is 37.0 Å². The van der Waals surface area contributed by atoms with E-state index >= 15 is 0 Å². The first kappa shape index (κ1) is 22.9. The number of nitrogens with zero attached hydrogens (tertiary/aromatic N) is 1. The van der Waals surface area contributed by atoms with Crippen molar-refractivity contribution in [2.45, 2.75) is 40.0 Å². The number of oxime groups is 1.